The number of hydrogen-bond acceptors (Lipinski definition) is 4. The van der Waals surface area contributed by atoms with Crippen molar-refractivity contribution in [2.24, 2.45) is 14.1 Å². The van der Waals surface area contributed by atoms with Gasteiger partial charge in [-0.15, -0.1) is 0 Å². The van der Waals surface area contributed by atoms with E-state index in [9.17, 15) is 14.7 Å². The SMILES string of the molecule is CN(Cc1cc(=O)n(C)c(=O)n1C)C1CCCCC1O. The fourth-order valence-corrected chi connectivity index (χ4v) is 2.91. The number of rotatable bonds is 3. The number of aliphatic hydroxyl groups is 1. The molecule has 2 unspecified atom stereocenters. The lowest BCUT2D eigenvalue weighted by Crippen LogP contribution is -2.45. The molecule has 1 heterocycles. The largest absolute Gasteiger partial charge is 0.391 e. The van der Waals surface area contributed by atoms with Crippen LogP contribution in [0.3, 0.4) is 0 Å². The van der Waals surface area contributed by atoms with Crippen molar-refractivity contribution < 1.29 is 5.11 Å². The molecule has 20 heavy (non-hydrogen) atoms. The monoisotopic (exact) mass is 281 g/mol. The summed E-state index contributed by atoms with van der Waals surface area (Å²) in [5.74, 6) is 0. The fraction of sp³-hybridized carbons (Fsp3) is 0.714. The van der Waals surface area contributed by atoms with Crippen LogP contribution in [-0.2, 0) is 20.6 Å². The average molecular weight is 281 g/mol. The van der Waals surface area contributed by atoms with Gasteiger partial charge in [0.15, 0.2) is 0 Å². The summed E-state index contributed by atoms with van der Waals surface area (Å²) in [7, 11) is 5.08. The molecule has 112 valence electrons. The van der Waals surface area contributed by atoms with Crippen LogP contribution in [0.2, 0.25) is 0 Å². The van der Waals surface area contributed by atoms with Crippen molar-refractivity contribution in [3.63, 3.8) is 0 Å². The lowest BCUT2D eigenvalue weighted by atomic mass is 9.91. The third kappa shape index (κ3) is 2.86. The molecular formula is C14H23N3O3. The van der Waals surface area contributed by atoms with E-state index in [0.29, 0.717) is 12.2 Å². The Morgan fingerprint density at radius 1 is 1.25 bits per heavy atom. The van der Waals surface area contributed by atoms with E-state index in [4.69, 9.17) is 0 Å². The quantitative estimate of drug-likeness (QED) is 0.834. The topological polar surface area (TPSA) is 67.5 Å². The van der Waals surface area contributed by atoms with Gasteiger partial charge in [-0.2, -0.15) is 0 Å². The number of nitrogens with zero attached hydrogens (tertiary/aromatic N) is 3. The van der Waals surface area contributed by atoms with E-state index in [1.165, 1.54) is 17.7 Å². The minimum atomic E-state index is -0.322. The Labute approximate surface area is 118 Å². The summed E-state index contributed by atoms with van der Waals surface area (Å²) in [5, 5.41) is 10.1. The van der Waals surface area contributed by atoms with E-state index in [-0.39, 0.29) is 23.4 Å². The van der Waals surface area contributed by atoms with Crippen LogP contribution >= 0.6 is 0 Å². The Bertz CT molecular complexity index is 590. The van der Waals surface area contributed by atoms with Crippen molar-refractivity contribution in [1.29, 1.82) is 0 Å². The maximum Gasteiger partial charge on any atom is 0.330 e. The molecule has 2 atom stereocenters. The zero-order valence-electron chi connectivity index (χ0n) is 12.4. The van der Waals surface area contributed by atoms with Crippen LogP contribution in [0, 0.1) is 0 Å². The second kappa shape index (κ2) is 5.93. The van der Waals surface area contributed by atoms with Gasteiger partial charge in [-0.1, -0.05) is 12.8 Å². The molecule has 1 saturated carbocycles. The van der Waals surface area contributed by atoms with E-state index in [1.807, 2.05) is 11.9 Å². The first-order chi connectivity index (χ1) is 9.41. The number of aromatic nitrogens is 2. The van der Waals surface area contributed by atoms with Gasteiger partial charge in [0, 0.05) is 38.4 Å². The highest BCUT2D eigenvalue weighted by atomic mass is 16.3. The summed E-state index contributed by atoms with van der Waals surface area (Å²) < 4.78 is 2.59. The summed E-state index contributed by atoms with van der Waals surface area (Å²) in [6.07, 6.45) is 3.63. The minimum absolute atomic E-state index is 0.0999. The number of aliphatic hydroxyl groups excluding tert-OH is 1. The number of hydrogen-bond donors (Lipinski definition) is 1. The third-order valence-electron chi connectivity index (χ3n) is 4.30. The highest BCUT2D eigenvalue weighted by Crippen LogP contribution is 2.23. The smallest absolute Gasteiger partial charge is 0.330 e. The van der Waals surface area contributed by atoms with Crippen molar-refractivity contribution in [1.82, 2.24) is 14.0 Å². The molecule has 0 bridgehead atoms. The van der Waals surface area contributed by atoms with Gasteiger partial charge in [0.1, 0.15) is 0 Å². The van der Waals surface area contributed by atoms with E-state index in [2.05, 4.69) is 0 Å². The van der Waals surface area contributed by atoms with Crippen molar-refractivity contribution in [2.45, 2.75) is 44.4 Å². The van der Waals surface area contributed by atoms with Gasteiger partial charge < -0.3 is 5.11 Å². The second-order valence-electron chi connectivity index (χ2n) is 5.71. The molecule has 6 heteroatoms. The molecule has 0 aromatic carbocycles. The lowest BCUT2D eigenvalue weighted by molar-refractivity contribution is 0.0278. The minimum Gasteiger partial charge on any atom is -0.391 e. The Hall–Kier alpha value is -1.40. The Morgan fingerprint density at radius 2 is 1.90 bits per heavy atom. The highest BCUT2D eigenvalue weighted by Gasteiger charge is 2.27. The molecule has 1 aliphatic carbocycles. The first-order valence-corrected chi connectivity index (χ1v) is 7.06. The Balaban J connectivity index is 2.22. The Morgan fingerprint density at radius 3 is 2.55 bits per heavy atom. The first kappa shape index (κ1) is 15.0. The fourth-order valence-electron chi connectivity index (χ4n) is 2.91. The Kier molecular flexibility index (Phi) is 4.45. The van der Waals surface area contributed by atoms with Crippen LogP contribution in [0.4, 0.5) is 0 Å². The first-order valence-electron chi connectivity index (χ1n) is 7.06. The summed E-state index contributed by atoms with van der Waals surface area (Å²) in [5.41, 5.74) is 0.0733. The van der Waals surface area contributed by atoms with Crippen LogP contribution in [0.25, 0.3) is 0 Å². The third-order valence-corrected chi connectivity index (χ3v) is 4.30. The molecule has 1 aliphatic rings. The van der Waals surface area contributed by atoms with Crippen LogP contribution < -0.4 is 11.2 Å². The van der Waals surface area contributed by atoms with Gasteiger partial charge in [0.05, 0.1) is 6.10 Å². The molecule has 6 nitrogen and oxygen atoms in total. The van der Waals surface area contributed by atoms with Gasteiger partial charge >= 0.3 is 5.69 Å². The maximum absolute atomic E-state index is 11.9. The van der Waals surface area contributed by atoms with E-state index in [1.54, 1.807) is 7.05 Å². The van der Waals surface area contributed by atoms with Crippen LogP contribution in [0.5, 0.6) is 0 Å². The molecule has 0 saturated heterocycles. The van der Waals surface area contributed by atoms with Gasteiger partial charge in [-0.3, -0.25) is 18.8 Å². The summed E-state index contributed by atoms with van der Waals surface area (Å²) in [6.45, 7) is 0.490. The molecule has 1 aromatic rings. The van der Waals surface area contributed by atoms with Crippen molar-refractivity contribution in [3.05, 3.63) is 32.6 Å². The van der Waals surface area contributed by atoms with Crippen LogP contribution in [0.1, 0.15) is 31.4 Å². The molecular weight excluding hydrogens is 258 g/mol. The zero-order chi connectivity index (χ0) is 14.9. The van der Waals surface area contributed by atoms with Gasteiger partial charge in [0.2, 0.25) is 0 Å². The van der Waals surface area contributed by atoms with E-state index in [0.717, 1.165) is 30.3 Å². The van der Waals surface area contributed by atoms with E-state index < -0.39 is 0 Å². The normalized spacial score (nSPS) is 23.2. The molecule has 1 aromatic heterocycles. The van der Waals surface area contributed by atoms with Crippen LogP contribution in [0.15, 0.2) is 15.7 Å². The second-order valence-corrected chi connectivity index (χ2v) is 5.71. The van der Waals surface area contributed by atoms with E-state index >= 15 is 0 Å². The number of likely N-dealkylation sites (N-methyl/N-ethyl adjacent to an activating group) is 1. The molecule has 0 amide bonds. The standard InChI is InChI=1S/C14H23N3O3/c1-15(11-6-4-5-7-12(11)18)9-10-8-13(19)17(3)14(20)16(10)2/h8,11-12,18H,4-7,9H2,1-3H3. The summed E-state index contributed by atoms with van der Waals surface area (Å²) >= 11 is 0. The highest BCUT2D eigenvalue weighted by molar-refractivity contribution is 5.02. The summed E-state index contributed by atoms with van der Waals surface area (Å²) in [6, 6.07) is 1.59. The molecule has 1 fully saturated rings. The van der Waals surface area contributed by atoms with Crippen molar-refractivity contribution >= 4 is 0 Å². The summed E-state index contributed by atoms with van der Waals surface area (Å²) in [4.78, 5) is 25.6. The molecule has 0 spiro atoms. The van der Waals surface area contributed by atoms with Crippen LogP contribution in [-0.4, -0.2) is 38.3 Å². The maximum atomic E-state index is 11.9. The van der Waals surface area contributed by atoms with Crippen molar-refractivity contribution in [3.8, 4) is 0 Å². The van der Waals surface area contributed by atoms with Gasteiger partial charge in [0.25, 0.3) is 5.56 Å². The molecule has 1 N–H and O–H groups in total. The lowest BCUT2D eigenvalue weighted by Gasteiger charge is -2.35. The molecule has 0 radical (unpaired) electrons. The molecule has 0 aliphatic heterocycles. The predicted octanol–water partition coefficient (Wildman–Crippen LogP) is -0.181. The van der Waals surface area contributed by atoms with Gasteiger partial charge in [-0.05, 0) is 19.9 Å². The van der Waals surface area contributed by atoms with Crippen molar-refractivity contribution in [2.75, 3.05) is 7.05 Å². The van der Waals surface area contributed by atoms with Gasteiger partial charge in [-0.25, -0.2) is 4.79 Å². The zero-order valence-corrected chi connectivity index (χ0v) is 12.4. The molecule has 2 rings (SSSR count). The predicted molar refractivity (Wildman–Crippen MR) is 76.7 cm³/mol. The average Bonchev–Trinajstić information content (AvgIpc) is 2.42.